The molecule has 3 heteroatoms. The maximum atomic E-state index is 10.2. The van der Waals surface area contributed by atoms with Gasteiger partial charge in [-0.15, -0.1) is 0 Å². The second-order valence-electron chi connectivity index (χ2n) is 4.50. The highest BCUT2D eigenvalue weighted by Crippen LogP contribution is 2.37. The molecule has 2 aliphatic rings. The molecule has 0 aromatic rings. The molecule has 1 aliphatic heterocycles. The van der Waals surface area contributed by atoms with Crippen molar-refractivity contribution in [3.8, 4) is 0 Å². The highest BCUT2D eigenvalue weighted by Gasteiger charge is 2.38. The standard InChI is InChI=1S/C10H19NO2/c11-9(7-8-1-2-8)10(12)3-5-13-6-4-10/h8-9,12H,1-7,11H2. The summed E-state index contributed by atoms with van der Waals surface area (Å²) in [6.07, 6.45) is 5.03. The molecule has 76 valence electrons. The third-order valence-electron chi connectivity index (χ3n) is 3.33. The van der Waals surface area contributed by atoms with Gasteiger partial charge in [-0.3, -0.25) is 0 Å². The molecule has 2 fully saturated rings. The Morgan fingerprint density at radius 1 is 1.38 bits per heavy atom. The SMILES string of the molecule is NC(CC1CC1)C1(O)CCOCC1. The van der Waals surface area contributed by atoms with Crippen LogP contribution in [0.2, 0.25) is 0 Å². The summed E-state index contributed by atoms with van der Waals surface area (Å²) in [5, 5.41) is 10.2. The van der Waals surface area contributed by atoms with Crippen LogP contribution in [0, 0.1) is 5.92 Å². The lowest BCUT2D eigenvalue weighted by molar-refractivity contribution is -0.0801. The summed E-state index contributed by atoms with van der Waals surface area (Å²) >= 11 is 0. The highest BCUT2D eigenvalue weighted by atomic mass is 16.5. The molecule has 1 atom stereocenters. The molecular formula is C10H19NO2. The third kappa shape index (κ3) is 2.22. The lowest BCUT2D eigenvalue weighted by atomic mass is 9.84. The van der Waals surface area contributed by atoms with Crippen molar-refractivity contribution in [1.82, 2.24) is 0 Å². The topological polar surface area (TPSA) is 55.5 Å². The fraction of sp³-hybridized carbons (Fsp3) is 1.00. The Balaban J connectivity index is 1.86. The van der Waals surface area contributed by atoms with Crippen LogP contribution in [0.4, 0.5) is 0 Å². The number of hydrogen-bond acceptors (Lipinski definition) is 3. The van der Waals surface area contributed by atoms with Gasteiger partial charge in [-0.05, 0) is 12.3 Å². The Morgan fingerprint density at radius 2 is 2.00 bits per heavy atom. The van der Waals surface area contributed by atoms with Crippen LogP contribution in [-0.4, -0.2) is 30.0 Å². The molecule has 0 aromatic carbocycles. The first-order chi connectivity index (χ1) is 6.21. The van der Waals surface area contributed by atoms with E-state index < -0.39 is 5.60 Å². The first-order valence-electron chi connectivity index (χ1n) is 5.26. The molecule has 1 unspecified atom stereocenters. The second kappa shape index (κ2) is 3.56. The molecule has 3 N–H and O–H groups in total. The van der Waals surface area contributed by atoms with E-state index in [2.05, 4.69) is 0 Å². The monoisotopic (exact) mass is 185 g/mol. The molecule has 1 saturated carbocycles. The maximum Gasteiger partial charge on any atom is 0.0841 e. The zero-order chi connectivity index (χ0) is 9.31. The molecule has 13 heavy (non-hydrogen) atoms. The van der Waals surface area contributed by atoms with Crippen molar-refractivity contribution in [3.63, 3.8) is 0 Å². The van der Waals surface area contributed by atoms with Crippen LogP contribution in [0.25, 0.3) is 0 Å². The largest absolute Gasteiger partial charge is 0.388 e. The van der Waals surface area contributed by atoms with E-state index in [0.717, 1.165) is 12.3 Å². The smallest absolute Gasteiger partial charge is 0.0841 e. The molecule has 1 saturated heterocycles. The molecule has 2 rings (SSSR count). The van der Waals surface area contributed by atoms with E-state index in [-0.39, 0.29) is 6.04 Å². The minimum Gasteiger partial charge on any atom is -0.388 e. The van der Waals surface area contributed by atoms with Crippen LogP contribution in [0.3, 0.4) is 0 Å². The molecule has 1 aliphatic carbocycles. The number of hydrogen-bond donors (Lipinski definition) is 2. The van der Waals surface area contributed by atoms with Crippen molar-refractivity contribution in [2.45, 2.75) is 43.7 Å². The average Bonchev–Trinajstić information content (AvgIpc) is 2.89. The Hall–Kier alpha value is -0.120. The van der Waals surface area contributed by atoms with Crippen molar-refractivity contribution in [2.24, 2.45) is 11.7 Å². The normalized spacial score (nSPS) is 30.0. The first-order valence-corrected chi connectivity index (χ1v) is 5.26. The van der Waals surface area contributed by atoms with Gasteiger partial charge in [0.1, 0.15) is 0 Å². The van der Waals surface area contributed by atoms with Crippen molar-refractivity contribution >= 4 is 0 Å². The average molecular weight is 185 g/mol. The minimum absolute atomic E-state index is 0.0381. The Bertz CT molecular complexity index is 174. The predicted octanol–water partition coefficient (Wildman–Crippen LogP) is 0.655. The van der Waals surface area contributed by atoms with Gasteiger partial charge >= 0.3 is 0 Å². The zero-order valence-electron chi connectivity index (χ0n) is 8.04. The molecule has 0 amide bonds. The highest BCUT2D eigenvalue weighted by molar-refractivity contribution is 4.94. The van der Waals surface area contributed by atoms with E-state index in [0.29, 0.717) is 26.1 Å². The lowest BCUT2D eigenvalue weighted by Gasteiger charge is -2.37. The lowest BCUT2D eigenvalue weighted by Crippen LogP contribution is -2.51. The van der Waals surface area contributed by atoms with Gasteiger partial charge < -0.3 is 15.6 Å². The van der Waals surface area contributed by atoms with Crippen molar-refractivity contribution in [1.29, 1.82) is 0 Å². The number of nitrogens with two attached hydrogens (primary N) is 1. The molecular weight excluding hydrogens is 166 g/mol. The zero-order valence-corrected chi connectivity index (χ0v) is 8.04. The summed E-state index contributed by atoms with van der Waals surface area (Å²) in [7, 11) is 0. The minimum atomic E-state index is -0.638. The predicted molar refractivity (Wildman–Crippen MR) is 50.3 cm³/mol. The molecule has 0 bridgehead atoms. The van der Waals surface area contributed by atoms with Crippen LogP contribution < -0.4 is 5.73 Å². The molecule has 0 aromatic heterocycles. The van der Waals surface area contributed by atoms with Gasteiger partial charge in [0.05, 0.1) is 5.60 Å². The number of aliphatic hydroxyl groups is 1. The van der Waals surface area contributed by atoms with Crippen LogP contribution in [0.1, 0.15) is 32.1 Å². The molecule has 0 spiro atoms. The number of rotatable bonds is 3. The summed E-state index contributed by atoms with van der Waals surface area (Å²) in [6.45, 7) is 1.32. The first kappa shape index (κ1) is 9.44. The van der Waals surface area contributed by atoms with E-state index in [1.54, 1.807) is 0 Å². The van der Waals surface area contributed by atoms with E-state index >= 15 is 0 Å². The summed E-state index contributed by atoms with van der Waals surface area (Å²) in [4.78, 5) is 0. The van der Waals surface area contributed by atoms with Crippen molar-refractivity contribution < 1.29 is 9.84 Å². The van der Waals surface area contributed by atoms with Gasteiger partial charge in [-0.2, -0.15) is 0 Å². The molecule has 0 radical (unpaired) electrons. The summed E-state index contributed by atoms with van der Waals surface area (Å²) in [5.41, 5.74) is 5.38. The Labute approximate surface area is 79.3 Å². The third-order valence-corrected chi connectivity index (χ3v) is 3.33. The van der Waals surface area contributed by atoms with Gasteiger partial charge in [0, 0.05) is 32.1 Å². The Kier molecular flexibility index (Phi) is 2.58. The van der Waals surface area contributed by atoms with E-state index in [4.69, 9.17) is 10.5 Å². The van der Waals surface area contributed by atoms with Crippen LogP contribution in [0.15, 0.2) is 0 Å². The van der Waals surface area contributed by atoms with E-state index in [1.807, 2.05) is 0 Å². The fourth-order valence-corrected chi connectivity index (χ4v) is 2.03. The van der Waals surface area contributed by atoms with Crippen LogP contribution in [0.5, 0.6) is 0 Å². The van der Waals surface area contributed by atoms with Gasteiger partial charge in [0.15, 0.2) is 0 Å². The Morgan fingerprint density at radius 3 is 2.54 bits per heavy atom. The summed E-state index contributed by atoms with van der Waals surface area (Å²) in [6, 6.07) is -0.0381. The molecule has 1 heterocycles. The van der Waals surface area contributed by atoms with Gasteiger partial charge in [-0.1, -0.05) is 12.8 Å². The van der Waals surface area contributed by atoms with Crippen LogP contribution in [-0.2, 0) is 4.74 Å². The van der Waals surface area contributed by atoms with E-state index in [9.17, 15) is 5.11 Å². The van der Waals surface area contributed by atoms with Crippen LogP contribution >= 0.6 is 0 Å². The van der Waals surface area contributed by atoms with Crippen molar-refractivity contribution in [3.05, 3.63) is 0 Å². The van der Waals surface area contributed by atoms with Gasteiger partial charge in [0.2, 0.25) is 0 Å². The maximum absolute atomic E-state index is 10.2. The number of ether oxygens (including phenoxy) is 1. The summed E-state index contributed by atoms with van der Waals surface area (Å²) in [5.74, 6) is 0.793. The molecule has 3 nitrogen and oxygen atoms in total. The quantitative estimate of drug-likeness (QED) is 0.679. The van der Waals surface area contributed by atoms with E-state index in [1.165, 1.54) is 12.8 Å². The fourth-order valence-electron chi connectivity index (χ4n) is 2.03. The van der Waals surface area contributed by atoms with Gasteiger partial charge in [-0.25, -0.2) is 0 Å². The summed E-state index contributed by atoms with van der Waals surface area (Å²) < 4.78 is 5.22. The van der Waals surface area contributed by atoms with Gasteiger partial charge in [0.25, 0.3) is 0 Å². The second-order valence-corrected chi connectivity index (χ2v) is 4.50. The van der Waals surface area contributed by atoms with Crippen molar-refractivity contribution in [2.75, 3.05) is 13.2 Å².